The van der Waals surface area contributed by atoms with E-state index < -0.39 is 12.1 Å². The molecule has 1 atom stereocenters. The lowest BCUT2D eigenvalue weighted by Crippen LogP contribution is -2.30. The summed E-state index contributed by atoms with van der Waals surface area (Å²) in [5, 5.41) is 0. The second-order valence-electron chi connectivity index (χ2n) is 18.4. The van der Waals surface area contributed by atoms with Gasteiger partial charge < -0.3 is 14.2 Å². The molecule has 0 saturated heterocycles. The molecule has 0 heterocycles. The van der Waals surface area contributed by atoms with Crippen molar-refractivity contribution in [2.45, 2.75) is 232 Å². The third-order valence-electron chi connectivity index (χ3n) is 11.5. The maximum Gasteiger partial charge on any atom is 0.306 e. The summed E-state index contributed by atoms with van der Waals surface area (Å²) in [7, 11) is 0. The summed E-state index contributed by atoms with van der Waals surface area (Å²) in [6.45, 7) is 6.27. The van der Waals surface area contributed by atoms with Crippen LogP contribution in [-0.4, -0.2) is 37.2 Å². The van der Waals surface area contributed by atoms with Crippen LogP contribution in [0.25, 0.3) is 0 Å². The molecule has 0 bridgehead atoms. The van der Waals surface area contributed by atoms with E-state index in [2.05, 4.69) is 167 Å². The van der Waals surface area contributed by atoms with Crippen LogP contribution >= 0.6 is 0 Å². The summed E-state index contributed by atoms with van der Waals surface area (Å²) in [4.78, 5) is 38.1. The predicted molar refractivity (Wildman–Crippen MR) is 315 cm³/mol. The second-order valence-corrected chi connectivity index (χ2v) is 18.4. The lowest BCUT2D eigenvalue weighted by molar-refractivity contribution is -0.166. The molecule has 0 N–H and O–H groups in total. The van der Waals surface area contributed by atoms with Crippen molar-refractivity contribution in [2.75, 3.05) is 13.2 Å². The predicted octanol–water partition coefficient (Wildman–Crippen LogP) is 19.8. The van der Waals surface area contributed by atoms with Gasteiger partial charge >= 0.3 is 17.9 Å². The van der Waals surface area contributed by atoms with Crippen molar-refractivity contribution in [1.82, 2.24) is 0 Å². The molecule has 6 nitrogen and oxygen atoms in total. The standard InChI is InChI=1S/C67H104O6/c1-4-7-10-13-16-19-22-24-26-28-30-31-32-33-34-35-37-38-40-42-45-48-51-54-57-60-66(69)72-63-64(62-71-65(68)59-56-53-50-47-44-21-18-15-12-9-6-3)73-67(70)61-58-55-52-49-46-43-41-39-36-29-27-25-23-20-17-14-11-8-5-2/h7-8,10-11,15-20,24-27,30-31,33-34,36-39,43,46,52,55,64H,4-6,9,12-14,21-23,28-29,32,35,40-42,44-45,47-51,53-54,56-63H2,1-3H3/b10-7-,11-8-,18-15-,19-16-,20-17-,26-24-,27-25-,31-30-,34-33-,38-37-,39-36-,46-43-,55-52-. The van der Waals surface area contributed by atoms with Crippen molar-refractivity contribution < 1.29 is 28.6 Å². The van der Waals surface area contributed by atoms with Gasteiger partial charge in [0.1, 0.15) is 13.2 Å². The lowest BCUT2D eigenvalue weighted by Gasteiger charge is -2.18. The Kier molecular flexibility index (Phi) is 55.5. The molecule has 0 spiro atoms. The van der Waals surface area contributed by atoms with Crippen molar-refractivity contribution in [1.29, 1.82) is 0 Å². The van der Waals surface area contributed by atoms with E-state index in [1.165, 1.54) is 38.5 Å². The third kappa shape index (κ3) is 57.8. The van der Waals surface area contributed by atoms with Gasteiger partial charge in [0.2, 0.25) is 0 Å². The zero-order valence-corrected chi connectivity index (χ0v) is 46.6. The van der Waals surface area contributed by atoms with Gasteiger partial charge in [0.25, 0.3) is 0 Å². The molecule has 0 rings (SSSR count). The average molecular weight is 1010 g/mol. The van der Waals surface area contributed by atoms with Gasteiger partial charge in [-0.05, 0) is 128 Å². The van der Waals surface area contributed by atoms with Crippen LogP contribution in [-0.2, 0) is 28.6 Å². The smallest absolute Gasteiger partial charge is 0.306 e. The van der Waals surface area contributed by atoms with Crippen molar-refractivity contribution in [2.24, 2.45) is 0 Å². The van der Waals surface area contributed by atoms with Gasteiger partial charge in [0.15, 0.2) is 6.10 Å². The number of rotatable bonds is 50. The highest BCUT2D eigenvalue weighted by Crippen LogP contribution is 2.12. The first kappa shape index (κ1) is 68.0. The molecule has 0 aromatic carbocycles. The molecule has 0 aromatic heterocycles. The highest BCUT2D eigenvalue weighted by molar-refractivity contribution is 5.71. The van der Waals surface area contributed by atoms with Crippen LogP contribution in [0.5, 0.6) is 0 Å². The molecule has 0 radical (unpaired) electrons. The van der Waals surface area contributed by atoms with Gasteiger partial charge in [0, 0.05) is 19.3 Å². The highest BCUT2D eigenvalue weighted by atomic mass is 16.6. The van der Waals surface area contributed by atoms with E-state index >= 15 is 0 Å². The Hall–Kier alpha value is -4.97. The van der Waals surface area contributed by atoms with Crippen molar-refractivity contribution in [3.8, 4) is 0 Å². The molecule has 0 fully saturated rings. The van der Waals surface area contributed by atoms with Gasteiger partial charge in [0.05, 0.1) is 0 Å². The number of carbonyl (C=O) groups is 3. The van der Waals surface area contributed by atoms with Gasteiger partial charge in [-0.25, -0.2) is 0 Å². The average Bonchev–Trinajstić information content (AvgIpc) is 3.39. The number of unbranched alkanes of at least 4 members (excludes halogenated alkanes) is 13. The zero-order chi connectivity index (χ0) is 52.9. The molecule has 0 aliphatic rings. The number of hydrogen-bond donors (Lipinski definition) is 0. The minimum atomic E-state index is -0.836. The largest absolute Gasteiger partial charge is 0.462 e. The second kappa shape index (κ2) is 59.6. The minimum Gasteiger partial charge on any atom is -0.462 e. The maximum atomic E-state index is 12.8. The quantitative estimate of drug-likeness (QED) is 0.0261. The fraction of sp³-hybridized carbons (Fsp3) is 0.567. The first-order chi connectivity index (χ1) is 36.0. The lowest BCUT2D eigenvalue weighted by atomic mass is 10.1. The van der Waals surface area contributed by atoms with Crippen LogP contribution < -0.4 is 0 Å². The SMILES string of the molecule is CC/C=C\C/C=C\C/C=C\C/C=C\C/C=C\C/C=C\CCCCCCCCC(=O)OCC(COC(=O)CCCCCCC/C=C\CCCC)OC(=O)CC/C=C\C/C=C\C/C=C\C/C=C\C/C=C\C/C=C\CC. The number of esters is 3. The summed E-state index contributed by atoms with van der Waals surface area (Å²) < 4.78 is 16.7. The monoisotopic (exact) mass is 1000 g/mol. The van der Waals surface area contributed by atoms with Gasteiger partial charge in [-0.2, -0.15) is 0 Å². The normalized spacial score (nSPS) is 13.3. The zero-order valence-electron chi connectivity index (χ0n) is 46.6. The summed E-state index contributed by atoms with van der Waals surface area (Å²) in [6, 6.07) is 0. The highest BCUT2D eigenvalue weighted by Gasteiger charge is 2.19. The molecule has 0 aliphatic heterocycles. The van der Waals surface area contributed by atoms with E-state index in [0.29, 0.717) is 19.3 Å². The van der Waals surface area contributed by atoms with Crippen molar-refractivity contribution in [3.05, 3.63) is 158 Å². The molecule has 0 aromatic rings. The van der Waals surface area contributed by atoms with Gasteiger partial charge in [-0.3, -0.25) is 14.4 Å². The Morgan fingerprint density at radius 2 is 0.562 bits per heavy atom. The minimum absolute atomic E-state index is 0.124. The van der Waals surface area contributed by atoms with E-state index in [-0.39, 0.29) is 31.6 Å². The number of carbonyl (C=O) groups excluding carboxylic acids is 3. The number of allylic oxidation sites excluding steroid dienone is 26. The molecule has 0 amide bonds. The Labute approximate surface area is 448 Å². The van der Waals surface area contributed by atoms with Crippen LogP contribution in [0.15, 0.2) is 158 Å². The maximum absolute atomic E-state index is 12.8. The Morgan fingerprint density at radius 3 is 0.904 bits per heavy atom. The summed E-state index contributed by atoms with van der Waals surface area (Å²) in [5.74, 6) is -1.04. The molecule has 6 heteroatoms. The van der Waals surface area contributed by atoms with Crippen LogP contribution in [0.1, 0.15) is 226 Å². The van der Waals surface area contributed by atoms with E-state index in [0.717, 1.165) is 141 Å². The molecular formula is C67H104O6. The van der Waals surface area contributed by atoms with Crippen LogP contribution in [0.2, 0.25) is 0 Å². The Bertz CT molecular complexity index is 1670. The first-order valence-electron chi connectivity index (χ1n) is 29.0. The Morgan fingerprint density at radius 1 is 0.288 bits per heavy atom. The van der Waals surface area contributed by atoms with E-state index in [1.54, 1.807) is 0 Å². The van der Waals surface area contributed by atoms with Gasteiger partial charge in [-0.1, -0.05) is 237 Å². The molecule has 73 heavy (non-hydrogen) atoms. The van der Waals surface area contributed by atoms with Crippen molar-refractivity contribution >= 4 is 17.9 Å². The van der Waals surface area contributed by atoms with E-state index in [4.69, 9.17) is 14.2 Å². The molecule has 1 unspecified atom stereocenters. The van der Waals surface area contributed by atoms with E-state index in [1.807, 2.05) is 12.2 Å². The first-order valence-corrected chi connectivity index (χ1v) is 29.0. The fourth-order valence-corrected chi connectivity index (χ4v) is 7.22. The summed E-state index contributed by atoms with van der Waals surface area (Å²) in [6.07, 6.45) is 86.8. The van der Waals surface area contributed by atoms with Gasteiger partial charge in [-0.15, -0.1) is 0 Å². The van der Waals surface area contributed by atoms with E-state index in [9.17, 15) is 14.4 Å². The number of hydrogen-bond acceptors (Lipinski definition) is 6. The molecule has 0 saturated carbocycles. The van der Waals surface area contributed by atoms with Crippen molar-refractivity contribution in [3.63, 3.8) is 0 Å². The molecular weight excluding hydrogens is 901 g/mol. The topological polar surface area (TPSA) is 78.9 Å². The Balaban J connectivity index is 4.49. The third-order valence-corrected chi connectivity index (χ3v) is 11.5. The summed E-state index contributed by atoms with van der Waals surface area (Å²) >= 11 is 0. The molecule has 0 aliphatic carbocycles. The van der Waals surface area contributed by atoms with Crippen LogP contribution in [0.3, 0.4) is 0 Å². The number of ether oxygens (including phenoxy) is 3. The van der Waals surface area contributed by atoms with Crippen LogP contribution in [0.4, 0.5) is 0 Å². The fourth-order valence-electron chi connectivity index (χ4n) is 7.22. The summed E-state index contributed by atoms with van der Waals surface area (Å²) in [5.41, 5.74) is 0. The van der Waals surface area contributed by atoms with Crippen LogP contribution in [0, 0.1) is 0 Å². The molecule has 408 valence electrons.